The Morgan fingerprint density at radius 3 is 2.00 bits per heavy atom. The summed E-state index contributed by atoms with van der Waals surface area (Å²) in [7, 11) is 6.41. The van der Waals surface area contributed by atoms with E-state index in [0.717, 1.165) is 16.1 Å². The highest BCUT2D eigenvalue weighted by atomic mass is 35.5. The van der Waals surface area contributed by atoms with Crippen molar-refractivity contribution in [1.82, 2.24) is 0 Å². The molecule has 0 saturated carbocycles. The fourth-order valence-electron chi connectivity index (χ4n) is 0.400. The van der Waals surface area contributed by atoms with Crippen LogP contribution in [0.25, 0.3) is 0 Å². The zero-order valence-electron chi connectivity index (χ0n) is 6.61. The Kier molecular flexibility index (Phi) is 3.23. The molecule has 0 bridgehead atoms. The molecule has 0 amide bonds. The molecule has 2 heteroatoms. The van der Waals surface area contributed by atoms with Gasteiger partial charge in [-0.15, -0.1) is 0 Å². The van der Waals surface area contributed by atoms with Crippen molar-refractivity contribution in [1.29, 1.82) is 0 Å². The SMILES string of the molecule is C/C(Cl)=C/C[N+](C)(C)C. The molecular weight excluding hydrogens is 134 g/mol. The molecule has 54 valence electrons. The van der Waals surface area contributed by atoms with E-state index in [4.69, 9.17) is 11.6 Å². The summed E-state index contributed by atoms with van der Waals surface area (Å²) in [5, 5.41) is 0.878. The maximum absolute atomic E-state index is 5.63. The van der Waals surface area contributed by atoms with Crippen LogP contribution in [-0.2, 0) is 0 Å². The summed E-state index contributed by atoms with van der Waals surface area (Å²) >= 11 is 5.63. The lowest BCUT2D eigenvalue weighted by molar-refractivity contribution is -0.864. The number of nitrogens with zero attached hydrogens (tertiary/aromatic N) is 1. The van der Waals surface area contributed by atoms with Gasteiger partial charge in [-0.25, -0.2) is 0 Å². The number of rotatable bonds is 2. The summed E-state index contributed by atoms with van der Waals surface area (Å²) < 4.78 is 0.935. The van der Waals surface area contributed by atoms with Crippen LogP contribution < -0.4 is 0 Å². The van der Waals surface area contributed by atoms with E-state index in [1.54, 1.807) is 0 Å². The van der Waals surface area contributed by atoms with Crippen molar-refractivity contribution in [3.63, 3.8) is 0 Å². The second-order valence-electron chi connectivity index (χ2n) is 3.26. The van der Waals surface area contributed by atoms with E-state index in [1.165, 1.54) is 0 Å². The molecular formula is C7H15ClN+. The van der Waals surface area contributed by atoms with Crippen LogP contribution in [0.5, 0.6) is 0 Å². The van der Waals surface area contributed by atoms with Crippen LogP contribution in [0.3, 0.4) is 0 Å². The summed E-state index contributed by atoms with van der Waals surface area (Å²) in [6.07, 6.45) is 2.03. The molecule has 1 nitrogen and oxygen atoms in total. The molecule has 0 aliphatic rings. The molecule has 0 unspecified atom stereocenters. The van der Waals surface area contributed by atoms with E-state index < -0.39 is 0 Å². The summed E-state index contributed by atoms with van der Waals surface area (Å²) in [6.45, 7) is 2.90. The Bertz CT molecular complexity index is 107. The first-order valence-electron chi connectivity index (χ1n) is 3.04. The smallest absolute Gasteiger partial charge is 0.0981 e. The minimum atomic E-state index is 0.878. The Hall–Kier alpha value is -0.0100. The largest absolute Gasteiger partial charge is 0.328 e. The fraction of sp³-hybridized carbons (Fsp3) is 0.714. The van der Waals surface area contributed by atoms with Crippen LogP contribution in [0.4, 0.5) is 0 Å². The summed E-state index contributed by atoms with van der Waals surface area (Å²) in [6, 6.07) is 0. The Labute approximate surface area is 62.5 Å². The summed E-state index contributed by atoms with van der Waals surface area (Å²) in [4.78, 5) is 0. The fourth-order valence-corrected chi connectivity index (χ4v) is 0.469. The third-order valence-electron chi connectivity index (χ3n) is 0.920. The maximum atomic E-state index is 5.63. The second-order valence-corrected chi connectivity index (χ2v) is 3.86. The number of halogens is 1. The van der Waals surface area contributed by atoms with E-state index in [2.05, 4.69) is 21.1 Å². The van der Waals surface area contributed by atoms with Crippen molar-refractivity contribution in [3.05, 3.63) is 11.1 Å². The van der Waals surface area contributed by atoms with E-state index >= 15 is 0 Å². The topological polar surface area (TPSA) is 0 Å². The number of likely N-dealkylation sites (N-methyl/N-ethyl adjacent to an activating group) is 1. The number of hydrogen-bond donors (Lipinski definition) is 0. The van der Waals surface area contributed by atoms with E-state index in [-0.39, 0.29) is 0 Å². The van der Waals surface area contributed by atoms with E-state index in [9.17, 15) is 0 Å². The van der Waals surface area contributed by atoms with E-state index in [0.29, 0.717) is 0 Å². The normalized spacial score (nSPS) is 14.1. The van der Waals surface area contributed by atoms with Gasteiger partial charge >= 0.3 is 0 Å². The van der Waals surface area contributed by atoms with Crippen molar-refractivity contribution in [2.75, 3.05) is 27.7 Å². The van der Waals surface area contributed by atoms with Crippen LogP contribution in [0, 0.1) is 0 Å². The molecule has 0 radical (unpaired) electrons. The highest BCUT2D eigenvalue weighted by molar-refractivity contribution is 6.29. The summed E-state index contributed by atoms with van der Waals surface area (Å²) in [5.74, 6) is 0. The van der Waals surface area contributed by atoms with Gasteiger partial charge in [-0.2, -0.15) is 0 Å². The van der Waals surface area contributed by atoms with Gasteiger partial charge in [0.1, 0.15) is 0 Å². The maximum Gasteiger partial charge on any atom is 0.0981 e. The number of hydrogen-bond acceptors (Lipinski definition) is 0. The predicted molar refractivity (Wildman–Crippen MR) is 42.5 cm³/mol. The van der Waals surface area contributed by atoms with E-state index in [1.807, 2.05) is 13.0 Å². The number of allylic oxidation sites excluding steroid dienone is 1. The molecule has 0 aromatic carbocycles. The molecule has 0 aromatic heterocycles. The second kappa shape index (κ2) is 3.23. The van der Waals surface area contributed by atoms with Crippen molar-refractivity contribution in [2.24, 2.45) is 0 Å². The standard InChI is InChI=1S/C7H15ClN/c1-7(8)5-6-9(2,3)4/h5H,6H2,1-4H3/q+1/b7-5-. The molecule has 0 fully saturated rings. The lowest BCUT2D eigenvalue weighted by Gasteiger charge is -2.21. The van der Waals surface area contributed by atoms with Crippen LogP contribution in [0.15, 0.2) is 11.1 Å². The molecule has 0 heterocycles. The van der Waals surface area contributed by atoms with Crippen LogP contribution >= 0.6 is 11.6 Å². The molecule has 0 N–H and O–H groups in total. The average molecular weight is 149 g/mol. The first kappa shape index (κ1) is 8.99. The van der Waals surface area contributed by atoms with Crippen LogP contribution in [0.1, 0.15) is 6.92 Å². The zero-order valence-corrected chi connectivity index (χ0v) is 7.37. The molecule has 0 atom stereocenters. The zero-order chi connectivity index (χ0) is 7.49. The van der Waals surface area contributed by atoms with Gasteiger partial charge in [0, 0.05) is 5.03 Å². The van der Waals surface area contributed by atoms with Gasteiger partial charge in [-0.3, -0.25) is 0 Å². The first-order chi connectivity index (χ1) is 3.92. The van der Waals surface area contributed by atoms with Gasteiger partial charge in [-0.1, -0.05) is 11.6 Å². The lowest BCUT2D eigenvalue weighted by Crippen LogP contribution is -2.34. The van der Waals surface area contributed by atoms with Gasteiger partial charge in [0.15, 0.2) is 0 Å². The minimum Gasteiger partial charge on any atom is -0.328 e. The average Bonchev–Trinajstić information content (AvgIpc) is 1.59. The molecule has 0 aliphatic heterocycles. The molecule has 0 spiro atoms. The molecule has 0 aromatic rings. The Morgan fingerprint density at radius 2 is 1.89 bits per heavy atom. The van der Waals surface area contributed by atoms with Crippen LogP contribution in [0.2, 0.25) is 0 Å². The Balaban J connectivity index is 3.64. The molecule has 0 rings (SSSR count). The number of quaternary nitrogens is 1. The lowest BCUT2D eigenvalue weighted by atomic mass is 10.4. The summed E-state index contributed by atoms with van der Waals surface area (Å²) in [5.41, 5.74) is 0. The molecule has 0 aliphatic carbocycles. The predicted octanol–water partition coefficient (Wildman–Crippen LogP) is 1.84. The molecule has 0 saturated heterocycles. The highest BCUT2D eigenvalue weighted by Gasteiger charge is 2.01. The minimum absolute atomic E-state index is 0.878. The quantitative estimate of drug-likeness (QED) is 0.525. The Morgan fingerprint density at radius 1 is 1.44 bits per heavy atom. The van der Waals surface area contributed by atoms with Gasteiger partial charge in [0.2, 0.25) is 0 Å². The van der Waals surface area contributed by atoms with Gasteiger partial charge in [-0.05, 0) is 13.0 Å². The monoisotopic (exact) mass is 148 g/mol. The van der Waals surface area contributed by atoms with Crippen molar-refractivity contribution >= 4 is 11.6 Å². The highest BCUT2D eigenvalue weighted by Crippen LogP contribution is 1.99. The first-order valence-corrected chi connectivity index (χ1v) is 3.42. The van der Waals surface area contributed by atoms with Crippen molar-refractivity contribution in [2.45, 2.75) is 6.92 Å². The van der Waals surface area contributed by atoms with Crippen molar-refractivity contribution in [3.8, 4) is 0 Å². The van der Waals surface area contributed by atoms with Gasteiger partial charge in [0.25, 0.3) is 0 Å². The third-order valence-corrected chi connectivity index (χ3v) is 1.07. The van der Waals surface area contributed by atoms with Crippen LogP contribution in [-0.4, -0.2) is 32.2 Å². The van der Waals surface area contributed by atoms with Gasteiger partial charge in [0.05, 0.1) is 27.7 Å². The molecule has 9 heavy (non-hydrogen) atoms. The van der Waals surface area contributed by atoms with Crippen molar-refractivity contribution < 1.29 is 4.48 Å². The third kappa shape index (κ3) is 7.99. The van der Waals surface area contributed by atoms with Gasteiger partial charge < -0.3 is 4.48 Å².